The van der Waals surface area contributed by atoms with E-state index >= 15 is 0 Å². The van der Waals surface area contributed by atoms with Gasteiger partial charge in [0.15, 0.2) is 5.13 Å². The average Bonchev–Trinajstić information content (AvgIpc) is 2.79. The first-order valence-electron chi connectivity index (χ1n) is 6.78. The van der Waals surface area contributed by atoms with E-state index < -0.39 is 0 Å². The highest BCUT2D eigenvalue weighted by Gasteiger charge is 2.13. The van der Waals surface area contributed by atoms with Gasteiger partial charge in [-0.25, -0.2) is 10.4 Å². The first-order chi connectivity index (χ1) is 10.5. The molecule has 0 aliphatic rings. The second-order valence-corrected chi connectivity index (χ2v) is 5.93. The van der Waals surface area contributed by atoms with Crippen molar-refractivity contribution in [3.8, 4) is 5.75 Å². The standard InChI is InChI=1S/C15H18N4O2S/c1-9(2)21-12-6-4-11(5-7-12)8-17-19-14(20)13-10(3)18-15(16)22-13/h4-9H,1-3H3,(H2,16,18)(H,19,20). The fourth-order valence-electron chi connectivity index (χ4n) is 1.75. The monoisotopic (exact) mass is 318 g/mol. The maximum absolute atomic E-state index is 11.9. The number of ether oxygens (including phenoxy) is 1. The van der Waals surface area contributed by atoms with Crippen LogP contribution in [0.1, 0.15) is 34.8 Å². The molecule has 1 heterocycles. The van der Waals surface area contributed by atoms with Crippen molar-refractivity contribution in [2.45, 2.75) is 26.9 Å². The number of nitrogens with one attached hydrogen (secondary N) is 1. The van der Waals surface area contributed by atoms with Gasteiger partial charge in [-0.1, -0.05) is 11.3 Å². The number of carbonyl (C=O) groups is 1. The van der Waals surface area contributed by atoms with E-state index in [-0.39, 0.29) is 12.0 Å². The topological polar surface area (TPSA) is 89.6 Å². The molecule has 2 rings (SSSR count). The molecule has 3 N–H and O–H groups in total. The van der Waals surface area contributed by atoms with Crippen molar-refractivity contribution in [3.63, 3.8) is 0 Å². The van der Waals surface area contributed by atoms with Gasteiger partial charge in [-0.2, -0.15) is 5.10 Å². The number of aryl methyl sites for hydroxylation is 1. The van der Waals surface area contributed by atoms with Crippen molar-refractivity contribution < 1.29 is 9.53 Å². The van der Waals surface area contributed by atoms with Gasteiger partial charge >= 0.3 is 0 Å². The Hall–Kier alpha value is -2.41. The summed E-state index contributed by atoms with van der Waals surface area (Å²) in [6.45, 7) is 5.68. The number of amides is 1. The summed E-state index contributed by atoms with van der Waals surface area (Å²) in [5.74, 6) is 0.481. The SMILES string of the molecule is Cc1nc(N)sc1C(=O)NN=Cc1ccc(OC(C)C)cc1. The molecular formula is C15H18N4O2S. The van der Waals surface area contributed by atoms with Crippen LogP contribution in [0.15, 0.2) is 29.4 Å². The van der Waals surface area contributed by atoms with Gasteiger partial charge < -0.3 is 10.5 Å². The Kier molecular flexibility index (Phi) is 5.11. The summed E-state index contributed by atoms with van der Waals surface area (Å²) in [4.78, 5) is 16.4. The highest BCUT2D eigenvalue weighted by Crippen LogP contribution is 2.19. The lowest BCUT2D eigenvalue weighted by Gasteiger charge is -2.09. The van der Waals surface area contributed by atoms with E-state index in [1.54, 1.807) is 13.1 Å². The van der Waals surface area contributed by atoms with Crippen LogP contribution in [-0.2, 0) is 0 Å². The molecule has 0 spiro atoms. The Balaban J connectivity index is 1.94. The molecule has 0 fully saturated rings. The highest BCUT2D eigenvalue weighted by atomic mass is 32.1. The molecule has 0 unspecified atom stereocenters. The fourth-order valence-corrected chi connectivity index (χ4v) is 2.47. The van der Waals surface area contributed by atoms with Crippen molar-refractivity contribution in [1.82, 2.24) is 10.4 Å². The maximum atomic E-state index is 11.9. The number of nitrogens with zero attached hydrogens (tertiary/aromatic N) is 2. The second-order valence-electron chi connectivity index (χ2n) is 4.90. The molecule has 1 aromatic heterocycles. The minimum absolute atomic E-state index is 0.133. The number of rotatable bonds is 5. The third-order valence-electron chi connectivity index (χ3n) is 2.65. The normalized spacial score (nSPS) is 11.1. The molecule has 0 saturated heterocycles. The number of hydrogen-bond donors (Lipinski definition) is 2. The predicted molar refractivity (Wildman–Crippen MR) is 88.5 cm³/mol. The van der Waals surface area contributed by atoms with E-state index in [1.165, 1.54) is 0 Å². The predicted octanol–water partition coefficient (Wildman–Crippen LogP) is 2.58. The van der Waals surface area contributed by atoms with Crippen molar-refractivity contribution >= 4 is 28.6 Å². The summed E-state index contributed by atoms with van der Waals surface area (Å²) in [5, 5.41) is 4.30. The molecule has 2 aromatic rings. The Morgan fingerprint density at radius 3 is 2.64 bits per heavy atom. The quantitative estimate of drug-likeness (QED) is 0.655. The summed E-state index contributed by atoms with van der Waals surface area (Å²) < 4.78 is 5.55. The van der Waals surface area contributed by atoms with Crippen LogP contribution >= 0.6 is 11.3 Å². The second kappa shape index (κ2) is 7.04. The van der Waals surface area contributed by atoms with Gasteiger partial charge in [-0.15, -0.1) is 0 Å². The highest BCUT2D eigenvalue weighted by molar-refractivity contribution is 7.17. The molecule has 0 aliphatic carbocycles. The van der Waals surface area contributed by atoms with Crippen molar-refractivity contribution in [3.05, 3.63) is 40.4 Å². The van der Waals surface area contributed by atoms with Gasteiger partial charge in [0.25, 0.3) is 5.91 Å². The molecule has 6 nitrogen and oxygen atoms in total. The van der Waals surface area contributed by atoms with Gasteiger partial charge in [0.05, 0.1) is 18.0 Å². The average molecular weight is 318 g/mol. The fraction of sp³-hybridized carbons (Fsp3) is 0.267. The molecule has 1 amide bonds. The Labute approximate surface area is 133 Å². The van der Waals surface area contributed by atoms with E-state index in [0.29, 0.717) is 15.7 Å². The number of aromatic nitrogens is 1. The van der Waals surface area contributed by atoms with E-state index in [1.807, 2.05) is 38.1 Å². The van der Waals surface area contributed by atoms with Gasteiger partial charge in [-0.05, 0) is 50.6 Å². The number of thiazole rings is 1. The smallest absolute Gasteiger partial charge is 0.283 e. The molecule has 0 aliphatic heterocycles. The molecule has 116 valence electrons. The number of anilines is 1. The largest absolute Gasteiger partial charge is 0.491 e. The lowest BCUT2D eigenvalue weighted by atomic mass is 10.2. The summed E-state index contributed by atoms with van der Waals surface area (Å²) >= 11 is 1.14. The molecule has 0 radical (unpaired) electrons. The van der Waals surface area contributed by atoms with Crippen molar-refractivity contribution in [2.24, 2.45) is 5.10 Å². The molecule has 0 saturated carbocycles. The minimum Gasteiger partial charge on any atom is -0.491 e. The number of carbonyl (C=O) groups excluding carboxylic acids is 1. The van der Waals surface area contributed by atoms with Crippen LogP contribution in [0, 0.1) is 6.92 Å². The Bertz CT molecular complexity index is 677. The number of nitrogen functional groups attached to an aromatic ring is 1. The Morgan fingerprint density at radius 2 is 2.09 bits per heavy atom. The van der Waals surface area contributed by atoms with Crippen LogP contribution in [0.25, 0.3) is 0 Å². The van der Waals surface area contributed by atoms with Crippen LogP contribution in [0.5, 0.6) is 5.75 Å². The lowest BCUT2D eigenvalue weighted by molar-refractivity contribution is 0.0958. The van der Waals surface area contributed by atoms with Crippen LogP contribution in [0.2, 0.25) is 0 Å². The third kappa shape index (κ3) is 4.29. The molecule has 1 aromatic carbocycles. The molecule has 7 heteroatoms. The van der Waals surface area contributed by atoms with Gasteiger partial charge in [-0.3, -0.25) is 4.79 Å². The summed E-state index contributed by atoms with van der Waals surface area (Å²) in [7, 11) is 0. The van der Waals surface area contributed by atoms with Crippen molar-refractivity contribution in [1.29, 1.82) is 0 Å². The number of hydrogen-bond acceptors (Lipinski definition) is 6. The molecule has 22 heavy (non-hydrogen) atoms. The molecule has 0 bridgehead atoms. The van der Waals surface area contributed by atoms with Crippen LogP contribution in [-0.4, -0.2) is 23.2 Å². The van der Waals surface area contributed by atoms with E-state index in [4.69, 9.17) is 10.5 Å². The minimum atomic E-state index is -0.317. The van der Waals surface area contributed by atoms with Crippen molar-refractivity contribution in [2.75, 3.05) is 5.73 Å². The Morgan fingerprint density at radius 1 is 1.41 bits per heavy atom. The maximum Gasteiger partial charge on any atom is 0.283 e. The number of hydrazone groups is 1. The van der Waals surface area contributed by atoms with Crippen LogP contribution < -0.4 is 15.9 Å². The van der Waals surface area contributed by atoms with Crippen LogP contribution in [0.3, 0.4) is 0 Å². The van der Waals surface area contributed by atoms with Crippen LogP contribution in [0.4, 0.5) is 5.13 Å². The first-order valence-corrected chi connectivity index (χ1v) is 7.60. The lowest BCUT2D eigenvalue weighted by Crippen LogP contribution is -2.17. The van der Waals surface area contributed by atoms with E-state index in [2.05, 4.69) is 15.5 Å². The zero-order chi connectivity index (χ0) is 16.1. The summed E-state index contributed by atoms with van der Waals surface area (Å²) in [6, 6.07) is 7.45. The first kappa shape index (κ1) is 16.0. The number of nitrogens with two attached hydrogens (primary N) is 1. The van der Waals surface area contributed by atoms with Gasteiger partial charge in [0.2, 0.25) is 0 Å². The van der Waals surface area contributed by atoms with E-state index in [0.717, 1.165) is 22.6 Å². The summed E-state index contributed by atoms with van der Waals surface area (Å²) in [5.41, 5.74) is 9.49. The molecular weight excluding hydrogens is 300 g/mol. The molecule has 0 atom stereocenters. The summed E-state index contributed by atoms with van der Waals surface area (Å²) in [6.07, 6.45) is 1.70. The van der Waals surface area contributed by atoms with Gasteiger partial charge in [0.1, 0.15) is 10.6 Å². The number of benzene rings is 1. The third-order valence-corrected chi connectivity index (χ3v) is 3.64. The zero-order valence-electron chi connectivity index (χ0n) is 12.7. The van der Waals surface area contributed by atoms with Gasteiger partial charge in [0, 0.05) is 0 Å². The zero-order valence-corrected chi connectivity index (χ0v) is 13.5. The van der Waals surface area contributed by atoms with E-state index in [9.17, 15) is 4.79 Å².